The van der Waals surface area contributed by atoms with Crippen LogP contribution < -0.4 is 5.73 Å². The Morgan fingerprint density at radius 2 is 2.11 bits per heavy atom. The lowest BCUT2D eigenvalue weighted by molar-refractivity contribution is 0.602. The Morgan fingerprint density at radius 3 is 3.00 bits per heavy atom. The van der Waals surface area contributed by atoms with Gasteiger partial charge < -0.3 is 10.2 Å². The molecule has 0 spiro atoms. The van der Waals surface area contributed by atoms with Crippen LogP contribution in [0.4, 0.5) is 0 Å². The van der Waals surface area contributed by atoms with Crippen molar-refractivity contribution in [2.45, 2.75) is 6.42 Å². The maximum Gasteiger partial charge on any atom is 0.181 e. The van der Waals surface area contributed by atoms with Gasteiger partial charge in [-0.3, -0.25) is 0 Å². The Bertz CT molecular complexity index is 677. The molecule has 0 aliphatic heterocycles. The maximum absolute atomic E-state index is 5.51. The minimum absolute atomic E-state index is 0.546. The minimum Gasteiger partial charge on any atom is -0.443 e. The van der Waals surface area contributed by atoms with E-state index in [0.29, 0.717) is 13.0 Å². The summed E-state index contributed by atoms with van der Waals surface area (Å²) in [5, 5.41) is 0. The van der Waals surface area contributed by atoms with E-state index in [1.807, 2.05) is 24.3 Å². The van der Waals surface area contributed by atoms with Gasteiger partial charge in [-0.05, 0) is 24.7 Å². The second-order valence-corrected chi connectivity index (χ2v) is 3.93. The summed E-state index contributed by atoms with van der Waals surface area (Å²) in [4.78, 5) is 12.7. The average Bonchev–Trinajstić information content (AvgIpc) is 2.86. The zero-order valence-electron chi connectivity index (χ0n) is 9.71. The molecule has 1 aromatic carbocycles. The van der Waals surface area contributed by atoms with Crippen LogP contribution in [0.3, 0.4) is 0 Å². The van der Waals surface area contributed by atoms with Crippen molar-refractivity contribution < 1.29 is 4.42 Å². The van der Waals surface area contributed by atoms with Crippen LogP contribution in [0.25, 0.3) is 22.4 Å². The molecule has 18 heavy (non-hydrogen) atoms. The van der Waals surface area contributed by atoms with E-state index in [0.717, 1.165) is 28.2 Å². The van der Waals surface area contributed by atoms with E-state index in [1.165, 1.54) is 6.39 Å². The fraction of sp³-hybridized carbons (Fsp3) is 0.154. The van der Waals surface area contributed by atoms with Gasteiger partial charge >= 0.3 is 0 Å². The third-order valence-corrected chi connectivity index (χ3v) is 2.70. The molecular weight excluding hydrogens is 228 g/mol. The Labute approximate surface area is 104 Å². The van der Waals surface area contributed by atoms with E-state index in [2.05, 4.69) is 15.0 Å². The Morgan fingerprint density at radius 1 is 1.17 bits per heavy atom. The van der Waals surface area contributed by atoms with Gasteiger partial charge in [-0.25, -0.2) is 15.0 Å². The van der Waals surface area contributed by atoms with Crippen molar-refractivity contribution in [2.24, 2.45) is 5.73 Å². The van der Waals surface area contributed by atoms with Crippen molar-refractivity contribution >= 4 is 11.1 Å². The fourth-order valence-electron chi connectivity index (χ4n) is 1.82. The highest BCUT2D eigenvalue weighted by molar-refractivity contribution is 5.78. The Balaban J connectivity index is 2.04. The van der Waals surface area contributed by atoms with E-state index >= 15 is 0 Å². The standard InChI is InChI=1S/C13H12N4O/c14-5-3-13-15-6-4-10(17-13)9-1-2-11-12(7-9)18-8-16-11/h1-2,4,6-8H,3,5,14H2. The molecular formula is C13H12N4O. The molecule has 0 saturated carbocycles. The van der Waals surface area contributed by atoms with Crippen LogP contribution in [0.1, 0.15) is 5.82 Å². The third-order valence-electron chi connectivity index (χ3n) is 2.70. The molecule has 5 nitrogen and oxygen atoms in total. The zero-order valence-corrected chi connectivity index (χ0v) is 9.71. The summed E-state index contributed by atoms with van der Waals surface area (Å²) in [5.41, 5.74) is 8.96. The lowest BCUT2D eigenvalue weighted by atomic mass is 10.1. The van der Waals surface area contributed by atoms with Gasteiger partial charge in [0.1, 0.15) is 11.3 Å². The molecule has 0 aliphatic carbocycles. The van der Waals surface area contributed by atoms with Crippen LogP contribution >= 0.6 is 0 Å². The molecule has 0 radical (unpaired) electrons. The van der Waals surface area contributed by atoms with Crippen molar-refractivity contribution in [3.8, 4) is 11.3 Å². The average molecular weight is 240 g/mol. The molecule has 2 N–H and O–H groups in total. The number of hydrogen-bond donors (Lipinski definition) is 1. The lowest BCUT2D eigenvalue weighted by Crippen LogP contribution is -2.06. The molecule has 0 amide bonds. The maximum atomic E-state index is 5.51. The summed E-state index contributed by atoms with van der Waals surface area (Å²) >= 11 is 0. The van der Waals surface area contributed by atoms with Gasteiger partial charge in [0.15, 0.2) is 12.0 Å². The predicted molar refractivity (Wildman–Crippen MR) is 67.8 cm³/mol. The van der Waals surface area contributed by atoms with Gasteiger partial charge in [0.05, 0.1) is 5.69 Å². The summed E-state index contributed by atoms with van der Waals surface area (Å²) in [6.07, 6.45) is 3.87. The lowest BCUT2D eigenvalue weighted by Gasteiger charge is -2.02. The summed E-state index contributed by atoms with van der Waals surface area (Å²) in [7, 11) is 0. The van der Waals surface area contributed by atoms with E-state index < -0.39 is 0 Å². The molecule has 2 heterocycles. The van der Waals surface area contributed by atoms with Crippen molar-refractivity contribution in [1.82, 2.24) is 15.0 Å². The van der Waals surface area contributed by atoms with E-state index in [-0.39, 0.29) is 0 Å². The molecule has 2 aromatic heterocycles. The zero-order chi connectivity index (χ0) is 12.4. The number of aromatic nitrogens is 3. The molecule has 90 valence electrons. The van der Waals surface area contributed by atoms with Crippen LogP contribution in [0.15, 0.2) is 41.3 Å². The van der Waals surface area contributed by atoms with Crippen LogP contribution in [0.5, 0.6) is 0 Å². The molecule has 0 unspecified atom stereocenters. The van der Waals surface area contributed by atoms with Gasteiger partial charge in [0.25, 0.3) is 0 Å². The quantitative estimate of drug-likeness (QED) is 0.755. The summed E-state index contributed by atoms with van der Waals surface area (Å²) in [6.45, 7) is 0.546. The monoisotopic (exact) mass is 240 g/mol. The first-order valence-corrected chi connectivity index (χ1v) is 5.72. The smallest absolute Gasteiger partial charge is 0.181 e. The summed E-state index contributed by atoms with van der Waals surface area (Å²) in [5.74, 6) is 0.757. The molecule has 0 bridgehead atoms. The van der Waals surface area contributed by atoms with Crippen molar-refractivity contribution in [1.29, 1.82) is 0 Å². The van der Waals surface area contributed by atoms with Crippen LogP contribution in [0.2, 0.25) is 0 Å². The van der Waals surface area contributed by atoms with Crippen LogP contribution in [-0.4, -0.2) is 21.5 Å². The number of nitrogens with zero attached hydrogens (tertiary/aromatic N) is 3. The van der Waals surface area contributed by atoms with Crippen molar-refractivity contribution in [3.05, 3.63) is 42.7 Å². The van der Waals surface area contributed by atoms with E-state index in [1.54, 1.807) is 6.20 Å². The molecule has 3 rings (SSSR count). The van der Waals surface area contributed by atoms with Gasteiger partial charge in [0.2, 0.25) is 0 Å². The number of benzene rings is 1. The topological polar surface area (TPSA) is 77.8 Å². The Kier molecular flexibility index (Phi) is 2.74. The van der Waals surface area contributed by atoms with Crippen LogP contribution in [-0.2, 0) is 6.42 Å². The number of nitrogens with two attached hydrogens (primary N) is 1. The normalized spacial score (nSPS) is 10.9. The molecule has 0 atom stereocenters. The number of oxazole rings is 1. The largest absolute Gasteiger partial charge is 0.443 e. The summed E-state index contributed by atoms with van der Waals surface area (Å²) < 4.78 is 5.28. The van der Waals surface area contributed by atoms with Crippen molar-refractivity contribution in [2.75, 3.05) is 6.54 Å². The van der Waals surface area contributed by atoms with Gasteiger partial charge in [0, 0.05) is 18.2 Å². The second-order valence-electron chi connectivity index (χ2n) is 3.93. The third kappa shape index (κ3) is 1.96. The first-order valence-electron chi connectivity index (χ1n) is 5.72. The van der Waals surface area contributed by atoms with Gasteiger partial charge in [-0.15, -0.1) is 0 Å². The summed E-state index contributed by atoms with van der Waals surface area (Å²) in [6, 6.07) is 7.69. The Hall–Kier alpha value is -2.27. The number of hydrogen-bond acceptors (Lipinski definition) is 5. The first kappa shape index (κ1) is 10.9. The van der Waals surface area contributed by atoms with Gasteiger partial charge in [-0.1, -0.05) is 6.07 Å². The first-order chi connectivity index (χ1) is 8.86. The predicted octanol–water partition coefficient (Wildman–Crippen LogP) is 1.79. The molecule has 3 aromatic rings. The molecule has 0 fully saturated rings. The fourth-order valence-corrected chi connectivity index (χ4v) is 1.82. The number of rotatable bonds is 3. The second kappa shape index (κ2) is 4.54. The van der Waals surface area contributed by atoms with Crippen molar-refractivity contribution in [3.63, 3.8) is 0 Å². The number of fused-ring (bicyclic) bond motifs is 1. The van der Waals surface area contributed by atoms with Crippen LogP contribution in [0, 0.1) is 0 Å². The highest BCUT2D eigenvalue weighted by Gasteiger charge is 2.05. The highest BCUT2D eigenvalue weighted by atomic mass is 16.3. The van der Waals surface area contributed by atoms with Gasteiger partial charge in [-0.2, -0.15) is 0 Å². The minimum atomic E-state index is 0.546. The molecule has 5 heteroatoms. The van der Waals surface area contributed by atoms with E-state index in [9.17, 15) is 0 Å². The van der Waals surface area contributed by atoms with E-state index in [4.69, 9.17) is 10.2 Å². The molecule has 0 saturated heterocycles. The SMILES string of the molecule is NCCc1nccc(-c2ccc3ncoc3c2)n1. The molecule has 0 aliphatic rings. The highest BCUT2D eigenvalue weighted by Crippen LogP contribution is 2.22.